The summed E-state index contributed by atoms with van der Waals surface area (Å²) in [7, 11) is 1.69. The lowest BCUT2D eigenvalue weighted by Gasteiger charge is -2.23. The molecular formula is C24H24N4O2S. The van der Waals surface area contributed by atoms with Crippen molar-refractivity contribution in [2.75, 3.05) is 25.6 Å². The summed E-state index contributed by atoms with van der Waals surface area (Å²) in [4.78, 5) is 24.9. The van der Waals surface area contributed by atoms with Crippen molar-refractivity contribution < 1.29 is 9.53 Å². The summed E-state index contributed by atoms with van der Waals surface area (Å²) in [6.45, 7) is 3.36. The predicted molar refractivity (Wildman–Crippen MR) is 125 cm³/mol. The second kappa shape index (κ2) is 8.24. The number of carbonyl (C=O) groups is 1. The summed E-state index contributed by atoms with van der Waals surface area (Å²) < 4.78 is 6.29. The van der Waals surface area contributed by atoms with Crippen LogP contribution in [0.3, 0.4) is 0 Å². The molecule has 158 valence electrons. The fourth-order valence-corrected chi connectivity index (χ4v) is 5.25. The summed E-state index contributed by atoms with van der Waals surface area (Å²) in [6.07, 6.45) is 3.79. The van der Waals surface area contributed by atoms with Gasteiger partial charge in [0, 0.05) is 36.6 Å². The van der Waals surface area contributed by atoms with E-state index < -0.39 is 0 Å². The maximum Gasteiger partial charge on any atom is 0.264 e. The van der Waals surface area contributed by atoms with Gasteiger partial charge in [-0.2, -0.15) is 0 Å². The average Bonchev–Trinajstić information content (AvgIpc) is 3.41. The second-order valence-electron chi connectivity index (χ2n) is 7.92. The van der Waals surface area contributed by atoms with Gasteiger partial charge in [0.05, 0.1) is 38.9 Å². The van der Waals surface area contributed by atoms with E-state index in [2.05, 4.69) is 27.4 Å². The van der Waals surface area contributed by atoms with Crippen LogP contribution >= 0.6 is 11.3 Å². The van der Waals surface area contributed by atoms with Crippen LogP contribution in [0.5, 0.6) is 0 Å². The monoisotopic (exact) mass is 432 g/mol. The Bertz CT molecular complexity index is 1270. The molecule has 1 saturated heterocycles. The Hall–Kier alpha value is -3.03. The lowest BCUT2D eigenvalue weighted by atomic mass is 10.2. The highest BCUT2D eigenvalue weighted by molar-refractivity contribution is 7.21. The third-order valence-corrected chi connectivity index (χ3v) is 6.87. The van der Waals surface area contributed by atoms with E-state index >= 15 is 0 Å². The van der Waals surface area contributed by atoms with Crippen LogP contribution < -0.4 is 5.32 Å². The van der Waals surface area contributed by atoms with Gasteiger partial charge in [0.1, 0.15) is 0 Å². The highest BCUT2D eigenvalue weighted by Gasteiger charge is 2.30. The van der Waals surface area contributed by atoms with Crippen molar-refractivity contribution in [3.63, 3.8) is 0 Å². The molecule has 0 bridgehead atoms. The van der Waals surface area contributed by atoms with Crippen LogP contribution in [0.25, 0.3) is 21.1 Å². The first-order valence-electron chi connectivity index (χ1n) is 10.5. The molecule has 1 aromatic carbocycles. The van der Waals surface area contributed by atoms with E-state index in [-0.39, 0.29) is 11.9 Å². The number of pyridine rings is 2. The third kappa shape index (κ3) is 3.86. The summed E-state index contributed by atoms with van der Waals surface area (Å²) in [5.74, 6) is 0.0700. The number of hydrogen-bond acceptors (Lipinski definition) is 6. The van der Waals surface area contributed by atoms with Gasteiger partial charge in [0.25, 0.3) is 5.91 Å². The minimum Gasteiger partial charge on any atom is -0.383 e. The minimum absolute atomic E-state index is 0.0700. The molecule has 6 nitrogen and oxygen atoms in total. The normalized spacial score (nSPS) is 16.3. The van der Waals surface area contributed by atoms with Crippen LogP contribution in [0.2, 0.25) is 0 Å². The highest BCUT2D eigenvalue weighted by Crippen LogP contribution is 2.34. The van der Waals surface area contributed by atoms with Gasteiger partial charge >= 0.3 is 0 Å². The molecule has 1 aliphatic heterocycles. The molecule has 1 aliphatic rings. The summed E-state index contributed by atoms with van der Waals surface area (Å²) in [6, 6.07) is 14.3. The molecule has 4 aromatic rings. The van der Waals surface area contributed by atoms with Gasteiger partial charge in [-0.3, -0.25) is 14.8 Å². The number of fused-ring (bicyclic) bond motifs is 2. The topological polar surface area (TPSA) is 67.3 Å². The maximum atomic E-state index is 13.2. The van der Waals surface area contributed by atoms with Gasteiger partial charge < -0.3 is 15.0 Å². The fourth-order valence-electron chi connectivity index (χ4n) is 4.21. The number of aromatic nitrogens is 2. The number of ether oxygens (including phenoxy) is 1. The van der Waals surface area contributed by atoms with Crippen LogP contribution in [0.4, 0.5) is 11.4 Å². The van der Waals surface area contributed by atoms with E-state index in [1.165, 1.54) is 11.3 Å². The molecule has 4 heterocycles. The SMILES string of the molecule is COC[C@H]1CCCN1C(=O)c1cc2nccc(Nc3ccc4nc(C)ccc4c3)c2s1. The molecular weight excluding hydrogens is 408 g/mol. The van der Waals surface area contributed by atoms with Gasteiger partial charge in [0.15, 0.2) is 0 Å². The molecule has 0 aliphatic carbocycles. The number of thiophene rings is 1. The molecule has 1 amide bonds. The zero-order valence-corrected chi connectivity index (χ0v) is 18.4. The van der Waals surface area contributed by atoms with E-state index in [1.54, 1.807) is 13.3 Å². The quantitative estimate of drug-likeness (QED) is 0.473. The van der Waals surface area contributed by atoms with Crippen molar-refractivity contribution in [3.05, 3.63) is 59.2 Å². The van der Waals surface area contributed by atoms with Gasteiger partial charge in [-0.05, 0) is 56.2 Å². The minimum atomic E-state index is 0.0700. The number of rotatable bonds is 5. The number of hydrogen-bond donors (Lipinski definition) is 1. The summed E-state index contributed by atoms with van der Waals surface area (Å²) in [5, 5.41) is 4.59. The molecule has 5 rings (SSSR count). The van der Waals surface area contributed by atoms with Crippen molar-refractivity contribution in [3.8, 4) is 0 Å². The largest absolute Gasteiger partial charge is 0.383 e. The number of amides is 1. The number of methoxy groups -OCH3 is 1. The Morgan fingerprint density at radius 1 is 1.23 bits per heavy atom. The first kappa shape index (κ1) is 19.9. The van der Waals surface area contributed by atoms with Crippen LogP contribution in [-0.2, 0) is 4.74 Å². The molecule has 0 spiro atoms. The summed E-state index contributed by atoms with van der Waals surface area (Å²) in [5.41, 5.74) is 4.74. The van der Waals surface area contributed by atoms with Gasteiger partial charge in [-0.1, -0.05) is 6.07 Å². The Morgan fingerprint density at radius 3 is 3.00 bits per heavy atom. The van der Waals surface area contributed by atoms with E-state index in [0.29, 0.717) is 6.61 Å². The Labute approximate surface area is 184 Å². The maximum absolute atomic E-state index is 13.2. The Morgan fingerprint density at radius 2 is 2.13 bits per heavy atom. The van der Waals surface area contributed by atoms with Crippen molar-refractivity contribution in [2.45, 2.75) is 25.8 Å². The molecule has 31 heavy (non-hydrogen) atoms. The number of aryl methyl sites for hydroxylation is 1. The standard InChI is InChI=1S/C24H24N4O2S/c1-15-5-6-16-12-17(7-8-19(16)26-15)27-20-9-10-25-21-13-22(31-23(20)21)24(29)28-11-3-4-18(28)14-30-2/h5-10,12-13,18H,3-4,11,14H2,1-2H3,(H,25,27)/t18-/m1/s1. The van der Waals surface area contributed by atoms with Crippen LogP contribution in [-0.4, -0.2) is 47.1 Å². The van der Waals surface area contributed by atoms with E-state index in [0.717, 1.165) is 62.5 Å². The lowest BCUT2D eigenvalue weighted by Crippen LogP contribution is -2.37. The van der Waals surface area contributed by atoms with Crippen LogP contribution in [0, 0.1) is 6.92 Å². The average molecular weight is 433 g/mol. The number of benzene rings is 1. The lowest BCUT2D eigenvalue weighted by molar-refractivity contribution is 0.0635. The van der Waals surface area contributed by atoms with Crippen LogP contribution in [0.15, 0.2) is 48.7 Å². The molecule has 0 radical (unpaired) electrons. The Balaban J connectivity index is 1.45. The van der Waals surface area contributed by atoms with Gasteiger partial charge in [-0.15, -0.1) is 11.3 Å². The number of nitrogens with zero attached hydrogens (tertiary/aromatic N) is 3. The zero-order chi connectivity index (χ0) is 21.4. The van der Waals surface area contributed by atoms with Crippen molar-refractivity contribution in [2.24, 2.45) is 0 Å². The molecule has 0 saturated carbocycles. The van der Waals surface area contributed by atoms with Crippen molar-refractivity contribution in [1.82, 2.24) is 14.9 Å². The molecule has 7 heteroatoms. The predicted octanol–water partition coefficient (Wildman–Crippen LogP) is 5.15. The zero-order valence-electron chi connectivity index (χ0n) is 17.6. The highest BCUT2D eigenvalue weighted by atomic mass is 32.1. The fraction of sp³-hybridized carbons (Fsp3) is 0.292. The number of nitrogens with one attached hydrogen (secondary N) is 1. The molecule has 3 aromatic heterocycles. The first-order valence-corrected chi connectivity index (χ1v) is 11.3. The molecule has 0 unspecified atom stereocenters. The number of anilines is 2. The van der Waals surface area contributed by atoms with E-state index in [4.69, 9.17) is 4.74 Å². The smallest absolute Gasteiger partial charge is 0.264 e. The Kier molecular flexibility index (Phi) is 5.29. The van der Waals surface area contributed by atoms with Crippen molar-refractivity contribution >= 4 is 49.7 Å². The van der Waals surface area contributed by atoms with E-state index in [9.17, 15) is 4.79 Å². The molecule has 1 N–H and O–H groups in total. The van der Waals surface area contributed by atoms with Crippen molar-refractivity contribution in [1.29, 1.82) is 0 Å². The van der Waals surface area contributed by atoms with Gasteiger partial charge in [-0.25, -0.2) is 0 Å². The third-order valence-electron chi connectivity index (χ3n) is 5.73. The second-order valence-corrected chi connectivity index (χ2v) is 8.97. The first-order chi connectivity index (χ1) is 15.1. The number of likely N-dealkylation sites (tertiary alicyclic amines) is 1. The van der Waals surface area contributed by atoms with E-state index in [1.807, 2.05) is 42.2 Å². The molecule has 1 fully saturated rings. The number of carbonyl (C=O) groups excluding carboxylic acids is 1. The van der Waals surface area contributed by atoms with Crippen LogP contribution in [0.1, 0.15) is 28.2 Å². The van der Waals surface area contributed by atoms with Gasteiger partial charge in [0.2, 0.25) is 0 Å². The summed E-state index contributed by atoms with van der Waals surface area (Å²) >= 11 is 1.49. The molecule has 1 atom stereocenters.